The summed E-state index contributed by atoms with van der Waals surface area (Å²) >= 11 is 0. The van der Waals surface area contributed by atoms with Gasteiger partial charge in [-0.3, -0.25) is 24.4 Å². The Morgan fingerprint density at radius 2 is 1.40 bits per heavy atom. The molecule has 0 aliphatic carbocycles. The Hall–Kier alpha value is 2.47. The van der Waals surface area contributed by atoms with Gasteiger partial charge in [-0.2, -0.15) is 0 Å². The summed E-state index contributed by atoms with van der Waals surface area (Å²) in [6.07, 6.45) is -1.10. The summed E-state index contributed by atoms with van der Waals surface area (Å²) in [6.45, 7) is 0. The maximum atomic E-state index is 10.9. The average Bonchev–Trinajstić information content (AvgIpc) is 2.08. The normalized spacial score (nSPS) is 12.4. The van der Waals surface area contributed by atoms with Crippen LogP contribution in [0.3, 0.4) is 0 Å². The molecule has 0 saturated carbocycles. The fraction of sp³-hybridized carbons (Fsp3) is 0.600. The van der Waals surface area contributed by atoms with E-state index >= 15 is 0 Å². The van der Waals surface area contributed by atoms with Crippen molar-refractivity contribution in [1.82, 2.24) is 0 Å². The van der Waals surface area contributed by atoms with Crippen LogP contribution >= 0.6 is 15.6 Å². The molecular weight excluding hydrogens is 374 g/mol. The standard InChI is InChI=1S/C5H11NO10P2.2K.2H/c6-3(5(8)16-18(12,13)14)1-2-4(7)15-17(9,10)11;;;;/h3H,1-2,6H2,(H2,9,10,11)(H2,12,13,14);;;;/t3-;;;;/m0..../s1. The van der Waals surface area contributed by atoms with Gasteiger partial charge < -0.3 is 14.8 Å². The summed E-state index contributed by atoms with van der Waals surface area (Å²) in [6, 6.07) is -1.54. The van der Waals surface area contributed by atoms with E-state index in [1.165, 1.54) is 0 Å². The van der Waals surface area contributed by atoms with Gasteiger partial charge in [0.05, 0.1) is 0 Å². The predicted octanol–water partition coefficient (Wildman–Crippen LogP) is -2.93. The van der Waals surface area contributed by atoms with E-state index in [1.54, 1.807) is 0 Å². The van der Waals surface area contributed by atoms with E-state index < -0.39 is 46.5 Å². The number of hydrogen-bond acceptors (Lipinski definition) is 7. The van der Waals surface area contributed by atoms with Crippen molar-refractivity contribution in [2.75, 3.05) is 0 Å². The molecule has 11 nitrogen and oxygen atoms in total. The zero-order chi connectivity index (χ0) is 14.6. The monoisotopic (exact) mass is 387 g/mol. The zero-order valence-electron chi connectivity index (χ0n) is 8.70. The number of hydrogen-bond donors (Lipinski definition) is 5. The van der Waals surface area contributed by atoms with E-state index in [4.69, 9.17) is 25.3 Å². The van der Waals surface area contributed by atoms with Crippen LogP contribution < -0.4 is 5.73 Å². The fourth-order valence-corrected chi connectivity index (χ4v) is 1.48. The fourth-order valence-electron chi connectivity index (χ4n) is 0.754. The first-order valence-electron chi connectivity index (χ1n) is 4.23. The second-order valence-electron chi connectivity index (χ2n) is 3.00. The Labute approximate surface area is 198 Å². The quantitative estimate of drug-likeness (QED) is 0.231. The predicted molar refractivity (Wildman–Crippen MR) is 67.8 cm³/mol. The summed E-state index contributed by atoms with van der Waals surface area (Å²) in [7, 11) is -10.00. The summed E-state index contributed by atoms with van der Waals surface area (Å²) in [4.78, 5) is 54.8. The SMILES string of the molecule is N[C@@H](CCC(=O)OP(=O)(O)O)C(=O)OP(=O)(O)O.[KH].[KH]. The van der Waals surface area contributed by atoms with Crippen LogP contribution in [-0.2, 0) is 27.8 Å². The molecule has 0 aliphatic rings. The first-order chi connectivity index (χ1) is 7.91. The first-order valence-corrected chi connectivity index (χ1v) is 7.29. The summed E-state index contributed by atoms with van der Waals surface area (Å²) in [5.74, 6) is -2.77. The third kappa shape index (κ3) is 16.8. The zero-order valence-corrected chi connectivity index (χ0v) is 10.5. The van der Waals surface area contributed by atoms with Crippen LogP contribution in [0.1, 0.15) is 12.8 Å². The Morgan fingerprint density at radius 3 is 1.75 bits per heavy atom. The Morgan fingerprint density at radius 1 is 1.00 bits per heavy atom. The molecule has 0 aromatic heterocycles. The second kappa shape index (κ2) is 11.9. The molecule has 0 aliphatic heterocycles. The van der Waals surface area contributed by atoms with E-state index in [0.29, 0.717) is 0 Å². The molecule has 0 heterocycles. The molecular formula is C5H13K2NO10P2. The van der Waals surface area contributed by atoms with Crippen LogP contribution in [0, 0.1) is 0 Å². The van der Waals surface area contributed by atoms with Gasteiger partial charge in [-0.1, -0.05) is 0 Å². The van der Waals surface area contributed by atoms with Crippen LogP contribution in [0.15, 0.2) is 0 Å². The Bertz CT molecular complexity index is 418. The number of phosphoric acid groups is 2. The van der Waals surface area contributed by atoms with Gasteiger partial charge in [0, 0.05) is 6.42 Å². The molecule has 20 heavy (non-hydrogen) atoms. The average molecular weight is 387 g/mol. The summed E-state index contributed by atoms with van der Waals surface area (Å²) < 4.78 is 27.8. The molecule has 0 unspecified atom stereocenters. The van der Waals surface area contributed by atoms with Gasteiger partial charge in [-0.05, 0) is 6.42 Å². The van der Waals surface area contributed by atoms with Crippen molar-refractivity contribution in [2.24, 2.45) is 5.73 Å². The van der Waals surface area contributed by atoms with Crippen molar-refractivity contribution in [3.05, 3.63) is 0 Å². The molecule has 6 N–H and O–H groups in total. The maximum absolute atomic E-state index is 10.9. The van der Waals surface area contributed by atoms with Crippen molar-refractivity contribution in [3.8, 4) is 0 Å². The van der Waals surface area contributed by atoms with E-state index in [2.05, 4.69) is 9.05 Å². The van der Waals surface area contributed by atoms with E-state index in [-0.39, 0.29) is 103 Å². The third-order valence-corrected chi connectivity index (χ3v) is 2.25. The van der Waals surface area contributed by atoms with Gasteiger partial charge in [-0.25, -0.2) is 13.9 Å². The molecule has 0 aromatic carbocycles. The third-order valence-electron chi connectivity index (χ3n) is 1.39. The van der Waals surface area contributed by atoms with Gasteiger partial charge in [0.2, 0.25) is 0 Å². The number of phosphoric ester groups is 2. The van der Waals surface area contributed by atoms with Crippen molar-refractivity contribution < 1.29 is 47.3 Å². The molecule has 0 amide bonds. The van der Waals surface area contributed by atoms with Crippen molar-refractivity contribution >= 4 is 130 Å². The van der Waals surface area contributed by atoms with Crippen LogP contribution in [0.4, 0.5) is 0 Å². The molecule has 0 saturated heterocycles. The number of rotatable bonds is 6. The van der Waals surface area contributed by atoms with Crippen LogP contribution in [0.2, 0.25) is 0 Å². The van der Waals surface area contributed by atoms with Gasteiger partial charge in [-0.15, -0.1) is 0 Å². The van der Waals surface area contributed by atoms with Gasteiger partial charge in [0.1, 0.15) is 6.04 Å². The molecule has 0 aromatic rings. The van der Waals surface area contributed by atoms with Crippen LogP contribution in [0.5, 0.6) is 0 Å². The minimum absolute atomic E-state index is 0. The second-order valence-corrected chi connectivity index (χ2v) is 5.33. The Balaban J connectivity index is -0.00000144. The Kier molecular flexibility index (Phi) is 16.3. The van der Waals surface area contributed by atoms with Crippen molar-refractivity contribution in [2.45, 2.75) is 18.9 Å². The van der Waals surface area contributed by atoms with E-state index in [1.807, 2.05) is 0 Å². The molecule has 0 radical (unpaired) electrons. The van der Waals surface area contributed by atoms with Crippen molar-refractivity contribution in [1.29, 1.82) is 0 Å². The van der Waals surface area contributed by atoms with Gasteiger partial charge in [0.15, 0.2) is 0 Å². The number of nitrogens with two attached hydrogens (primary N) is 1. The van der Waals surface area contributed by atoms with Crippen LogP contribution in [-0.4, -0.2) is 140 Å². The van der Waals surface area contributed by atoms with E-state index in [0.717, 1.165) is 0 Å². The summed E-state index contributed by atoms with van der Waals surface area (Å²) in [5, 5.41) is 0. The molecule has 0 fully saturated rings. The molecule has 0 rings (SSSR count). The van der Waals surface area contributed by atoms with Crippen molar-refractivity contribution in [3.63, 3.8) is 0 Å². The van der Waals surface area contributed by atoms with Gasteiger partial charge in [0.25, 0.3) is 0 Å². The summed E-state index contributed by atoms with van der Waals surface area (Å²) in [5.41, 5.74) is 5.12. The topological polar surface area (TPSA) is 194 Å². The van der Waals surface area contributed by atoms with Crippen LogP contribution in [0.25, 0.3) is 0 Å². The molecule has 0 bridgehead atoms. The molecule has 1 atom stereocenters. The van der Waals surface area contributed by atoms with Gasteiger partial charge >= 0.3 is 130 Å². The minimum atomic E-state index is -5.03. The molecule has 110 valence electrons. The van der Waals surface area contributed by atoms with E-state index in [9.17, 15) is 18.7 Å². The number of carbonyl (C=O) groups is 2. The molecule has 15 heteroatoms. The number of carbonyl (C=O) groups excluding carboxylic acids is 2. The first kappa shape index (κ1) is 27.3. The molecule has 0 spiro atoms.